The summed E-state index contributed by atoms with van der Waals surface area (Å²) >= 11 is 0. The van der Waals surface area contributed by atoms with E-state index in [1.165, 1.54) is 26.4 Å². The number of hydrogen-bond acceptors (Lipinski definition) is 6. The number of ketones is 1. The van der Waals surface area contributed by atoms with Gasteiger partial charge < -0.3 is 10.1 Å². The first-order valence-electron chi connectivity index (χ1n) is 4.73. The normalized spacial score (nSPS) is 9.53. The van der Waals surface area contributed by atoms with Crippen molar-refractivity contribution in [2.45, 2.75) is 13.3 Å². The van der Waals surface area contributed by atoms with E-state index in [1.807, 2.05) is 0 Å². The van der Waals surface area contributed by atoms with Gasteiger partial charge in [0.2, 0.25) is 5.91 Å². The van der Waals surface area contributed by atoms with Gasteiger partial charge >= 0.3 is 5.97 Å². The first-order chi connectivity index (χ1) is 8.04. The van der Waals surface area contributed by atoms with Crippen LogP contribution >= 0.6 is 0 Å². The first kappa shape index (κ1) is 12.8. The lowest BCUT2D eigenvalue weighted by atomic mass is 10.3. The monoisotopic (exact) mass is 237 g/mol. The van der Waals surface area contributed by atoms with Crippen LogP contribution in [0.5, 0.6) is 0 Å². The van der Waals surface area contributed by atoms with Crippen LogP contribution in [0.3, 0.4) is 0 Å². The highest BCUT2D eigenvalue weighted by Gasteiger charge is 2.16. The summed E-state index contributed by atoms with van der Waals surface area (Å²) in [5.74, 6) is -1.57. The van der Waals surface area contributed by atoms with Crippen molar-refractivity contribution in [2.75, 3.05) is 12.4 Å². The van der Waals surface area contributed by atoms with E-state index in [0.29, 0.717) is 0 Å². The van der Waals surface area contributed by atoms with Crippen molar-refractivity contribution in [3.05, 3.63) is 18.1 Å². The number of rotatable bonds is 4. The summed E-state index contributed by atoms with van der Waals surface area (Å²) in [5.41, 5.74) is -0.105. The van der Waals surface area contributed by atoms with Crippen molar-refractivity contribution in [3.8, 4) is 0 Å². The van der Waals surface area contributed by atoms with Crippen LogP contribution in [0.2, 0.25) is 0 Å². The predicted octanol–water partition coefficient (Wildman–Crippen LogP) is 0.181. The molecule has 1 heterocycles. The van der Waals surface area contributed by atoms with Gasteiger partial charge in [0.25, 0.3) is 0 Å². The van der Waals surface area contributed by atoms with Crippen LogP contribution in [0, 0.1) is 0 Å². The summed E-state index contributed by atoms with van der Waals surface area (Å²) in [4.78, 5) is 40.9. The van der Waals surface area contributed by atoms with E-state index < -0.39 is 11.9 Å². The van der Waals surface area contributed by atoms with Gasteiger partial charge in [-0.3, -0.25) is 9.59 Å². The molecule has 0 aliphatic rings. The van der Waals surface area contributed by atoms with Gasteiger partial charge in [-0.2, -0.15) is 0 Å². The van der Waals surface area contributed by atoms with E-state index in [4.69, 9.17) is 0 Å². The molecule has 0 radical (unpaired) electrons. The molecule has 7 nitrogen and oxygen atoms in total. The number of anilines is 1. The summed E-state index contributed by atoms with van der Waals surface area (Å²) < 4.78 is 4.48. The molecule has 1 rings (SSSR count). The Morgan fingerprint density at radius 1 is 1.29 bits per heavy atom. The zero-order valence-corrected chi connectivity index (χ0v) is 9.39. The van der Waals surface area contributed by atoms with Crippen LogP contribution in [0.15, 0.2) is 12.4 Å². The third kappa shape index (κ3) is 3.63. The van der Waals surface area contributed by atoms with Gasteiger partial charge in [-0.15, -0.1) is 0 Å². The van der Waals surface area contributed by atoms with Crippen LogP contribution in [0.1, 0.15) is 23.8 Å². The Morgan fingerprint density at radius 3 is 2.53 bits per heavy atom. The second kappa shape index (κ2) is 5.69. The van der Waals surface area contributed by atoms with Crippen LogP contribution < -0.4 is 5.32 Å². The van der Waals surface area contributed by atoms with E-state index in [9.17, 15) is 14.4 Å². The molecule has 1 N–H and O–H groups in total. The van der Waals surface area contributed by atoms with E-state index in [-0.39, 0.29) is 23.7 Å². The average molecular weight is 237 g/mol. The third-order valence-corrected chi connectivity index (χ3v) is 1.74. The van der Waals surface area contributed by atoms with Gasteiger partial charge in [0, 0.05) is 12.4 Å². The number of hydrogen-bond donors (Lipinski definition) is 1. The lowest BCUT2D eigenvalue weighted by Crippen LogP contribution is -2.19. The third-order valence-electron chi connectivity index (χ3n) is 1.74. The summed E-state index contributed by atoms with van der Waals surface area (Å²) in [6.45, 7) is 1.29. The largest absolute Gasteiger partial charge is 0.464 e. The smallest absolute Gasteiger partial charge is 0.360 e. The Balaban J connectivity index is 2.87. The number of ether oxygens (including phenoxy) is 1. The Labute approximate surface area is 97.2 Å². The van der Waals surface area contributed by atoms with Gasteiger partial charge in [-0.05, 0) is 6.92 Å². The fraction of sp³-hybridized carbons (Fsp3) is 0.300. The van der Waals surface area contributed by atoms with Crippen molar-refractivity contribution >= 4 is 23.5 Å². The average Bonchev–Trinajstić information content (AvgIpc) is 2.27. The van der Waals surface area contributed by atoms with Crippen molar-refractivity contribution in [2.24, 2.45) is 0 Å². The van der Waals surface area contributed by atoms with Gasteiger partial charge in [-0.1, -0.05) is 0 Å². The van der Waals surface area contributed by atoms with Gasteiger partial charge in [0.05, 0.1) is 13.5 Å². The molecule has 90 valence electrons. The van der Waals surface area contributed by atoms with Crippen LogP contribution in [-0.4, -0.2) is 34.7 Å². The minimum absolute atomic E-state index is 0.0226. The number of carbonyl (C=O) groups excluding carboxylic acids is 3. The zero-order chi connectivity index (χ0) is 12.8. The zero-order valence-electron chi connectivity index (χ0n) is 9.39. The molecule has 0 saturated heterocycles. The lowest BCUT2D eigenvalue weighted by molar-refractivity contribution is -0.124. The highest BCUT2D eigenvalue weighted by Crippen LogP contribution is 2.09. The van der Waals surface area contributed by atoms with Gasteiger partial charge in [-0.25, -0.2) is 14.8 Å². The molecule has 1 aromatic heterocycles. The Morgan fingerprint density at radius 2 is 1.94 bits per heavy atom. The molecule has 0 spiro atoms. The minimum Gasteiger partial charge on any atom is -0.464 e. The number of aromatic nitrogens is 2. The van der Waals surface area contributed by atoms with Crippen molar-refractivity contribution in [3.63, 3.8) is 0 Å². The molecule has 0 atom stereocenters. The number of methoxy groups -OCH3 is 1. The molecule has 0 bridgehead atoms. The Hall–Kier alpha value is -2.31. The van der Waals surface area contributed by atoms with Crippen molar-refractivity contribution in [1.29, 1.82) is 0 Å². The highest BCUT2D eigenvalue weighted by atomic mass is 16.5. The maximum Gasteiger partial charge on any atom is 0.360 e. The Kier molecular flexibility index (Phi) is 4.27. The summed E-state index contributed by atoms with van der Waals surface area (Å²) in [6.07, 6.45) is 2.33. The second-order valence-electron chi connectivity index (χ2n) is 3.17. The first-order valence-corrected chi connectivity index (χ1v) is 4.73. The van der Waals surface area contributed by atoms with E-state index in [2.05, 4.69) is 20.0 Å². The van der Waals surface area contributed by atoms with Gasteiger partial charge in [0.15, 0.2) is 11.5 Å². The summed E-state index contributed by atoms with van der Waals surface area (Å²) in [5, 5.41) is 2.32. The molecule has 0 aliphatic heterocycles. The predicted molar refractivity (Wildman–Crippen MR) is 57.3 cm³/mol. The number of carbonyl (C=O) groups is 3. The quantitative estimate of drug-likeness (QED) is 0.592. The fourth-order valence-corrected chi connectivity index (χ4v) is 1.08. The number of nitrogens with zero attached hydrogens (tertiary/aromatic N) is 2. The lowest BCUT2D eigenvalue weighted by Gasteiger charge is -2.06. The highest BCUT2D eigenvalue weighted by molar-refractivity contribution is 6.05. The Bertz CT molecular complexity index is 459. The molecule has 0 aromatic carbocycles. The summed E-state index contributed by atoms with van der Waals surface area (Å²) in [6, 6.07) is 0. The van der Waals surface area contributed by atoms with Crippen LogP contribution in [-0.2, 0) is 14.3 Å². The number of Topliss-reactive ketones (excluding diaryl/α,β-unsaturated/α-hetero) is 1. The molecule has 0 aliphatic carbocycles. The molecule has 0 fully saturated rings. The van der Waals surface area contributed by atoms with Crippen LogP contribution in [0.4, 0.5) is 5.82 Å². The fourth-order valence-electron chi connectivity index (χ4n) is 1.08. The number of amides is 1. The van der Waals surface area contributed by atoms with Crippen molar-refractivity contribution in [1.82, 2.24) is 9.97 Å². The molecule has 1 aromatic rings. The molecule has 0 saturated carbocycles. The molecular formula is C10H11N3O4. The molecular weight excluding hydrogens is 226 g/mol. The molecule has 0 unspecified atom stereocenters. The second-order valence-corrected chi connectivity index (χ2v) is 3.17. The van der Waals surface area contributed by atoms with Crippen LogP contribution in [0.25, 0.3) is 0 Å². The van der Waals surface area contributed by atoms with Crippen molar-refractivity contribution < 1.29 is 19.1 Å². The topological polar surface area (TPSA) is 98.2 Å². The SMILES string of the molecule is COC(=O)c1nccnc1NC(=O)CC(C)=O. The molecule has 7 heteroatoms. The molecule has 17 heavy (non-hydrogen) atoms. The number of nitrogens with one attached hydrogen (secondary N) is 1. The minimum atomic E-state index is -0.712. The van der Waals surface area contributed by atoms with E-state index >= 15 is 0 Å². The van der Waals surface area contributed by atoms with E-state index in [1.54, 1.807) is 0 Å². The summed E-state index contributed by atoms with van der Waals surface area (Å²) in [7, 11) is 1.19. The molecule has 1 amide bonds. The van der Waals surface area contributed by atoms with E-state index in [0.717, 1.165) is 0 Å². The maximum absolute atomic E-state index is 11.3. The number of esters is 1. The standard InChI is InChI=1S/C10H11N3O4/c1-6(14)5-7(15)13-9-8(10(16)17-2)11-3-4-12-9/h3-4H,5H2,1-2H3,(H,12,13,15). The van der Waals surface area contributed by atoms with Gasteiger partial charge in [0.1, 0.15) is 5.78 Å². The maximum atomic E-state index is 11.3.